The number of hydrogen-bond acceptors (Lipinski definition) is 6. The van der Waals surface area contributed by atoms with Gasteiger partial charge in [0.1, 0.15) is 5.82 Å². The summed E-state index contributed by atoms with van der Waals surface area (Å²) in [5.41, 5.74) is 2.35. The van der Waals surface area contributed by atoms with Crippen LogP contribution in [0.2, 0.25) is 0 Å². The molecule has 3 heterocycles. The summed E-state index contributed by atoms with van der Waals surface area (Å²) in [6, 6.07) is 7.51. The van der Waals surface area contributed by atoms with Crippen molar-refractivity contribution in [3.8, 4) is 11.4 Å². The number of nitrogens with one attached hydrogen (secondary N) is 2. The number of amides is 1. The maximum atomic E-state index is 12.1. The summed E-state index contributed by atoms with van der Waals surface area (Å²) < 4.78 is 0. The fourth-order valence-corrected chi connectivity index (χ4v) is 2.23. The predicted octanol–water partition coefficient (Wildman–Crippen LogP) is 2.08. The molecule has 7 heteroatoms. The molecule has 3 aromatic rings. The number of anilines is 1. The Morgan fingerprint density at radius 2 is 1.76 bits per heavy atom. The van der Waals surface area contributed by atoms with Gasteiger partial charge < -0.3 is 10.6 Å². The molecular formula is C18H18N6O. The van der Waals surface area contributed by atoms with Gasteiger partial charge in [-0.1, -0.05) is 6.07 Å². The molecule has 3 rings (SSSR count). The summed E-state index contributed by atoms with van der Waals surface area (Å²) in [6.07, 6.45) is 8.13. The third-order valence-electron chi connectivity index (χ3n) is 3.56. The van der Waals surface area contributed by atoms with E-state index in [0.717, 1.165) is 16.9 Å². The molecule has 0 radical (unpaired) electrons. The molecule has 0 spiro atoms. The lowest BCUT2D eigenvalue weighted by Gasteiger charge is -2.09. The van der Waals surface area contributed by atoms with Gasteiger partial charge in [-0.3, -0.25) is 9.78 Å². The van der Waals surface area contributed by atoms with Crippen molar-refractivity contribution in [2.24, 2.45) is 0 Å². The van der Waals surface area contributed by atoms with Crippen molar-refractivity contribution in [1.29, 1.82) is 0 Å². The van der Waals surface area contributed by atoms with Crippen LogP contribution in [-0.2, 0) is 0 Å². The van der Waals surface area contributed by atoms with Gasteiger partial charge >= 0.3 is 0 Å². The summed E-state index contributed by atoms with van der Waals surface area (Å²) in [7, 11) is 0. The highest BCUT2D eigenvalue weighted by molar-refractivity contribution is 5.93. The highest BCUT2D eigenvalue weighted by Crippen LogP contribution is 2.12. The minimum atomic E-state index is -0.208. The number of hydrogen-bond donors (Lipinski definition) is 2. The molecule has 0 saturated carbocycles. The molecule has 0 fully saturated rings. The highest BCUT2D eigenvalue weighted by atomic mass is 16.1. The average Bonchev–Trinajstić information content (AvgIpc) is 2.67. The van der Waals surface area contributed by atoms with E-state index in [9.17, 15) is 4.79 Å². The van der Waals surface area contributed by atoms with Crippen LogP contribution in [0.3, 0.4) is 0 Å². The Bertz CT molecular complexity index is 836. The lowest BCUT2D eigenvalue weighted by atomic mass is 10.2. The second kappa shape index (κ2) is 7.96. The first-order valence-corrected chi connectivity index (χ1v) is 7.90. The average molecular weight is 334 g/mol. The molecule has 0 unspecified atom stereocenters. The van der Waals surface area contributed by atoms with Crippen LogP contribution in [0.5, 0.6) is 0 Å². The number of carbonyl (C=O) groups is 1. The van der Waals surface area contributed by atoms with Crippen molar-refractivity contribution in [2.45, 2.75) is 6.92 Å². The molecule has 0 aliphatic rings. The van der Waals surface area contributed by atoms with Gasteiger partial charge in [-0.25, -0.2) is 15.0 Å². The summed E-state index contributed by atoms with van der Waals surface area (Å²) in [5.74, 6) is 1.17. The molecule has 0 atom stereocenters. The number of pyridine rings is 2. The number of carbonyl (C=O) groups excluding carboxylic acids is 1. The Labute approximate surface area is 145 Å². The smallest absolute Gasteiger partial charge is 0.254 e. The van der Waals surface area contributed by atoms with Crippen molar-refractivity contribution in [3.63, 3.8) is 0 Å². The summed E-state index contributed by atoms with van der Waals surface area (Å²) in [6.45, 7) is 3.04. The van der Waals surface area contributed by atoms with Crippen LogP contribution in [0.1, 0.15) is 15.9 Å². The normalized spacial score (nSPS) is 10.3. The van der Waals surface area contributed by atoms with Crippen molar-refractivity contribution >= 4 is 11.7 Å². The monoisotopic (exact) mass is 334 g/mol. The predicted molar refractivity (Wildman–Crippen MR) is 95.1 cm³/mol. The zero-order valence-electron chi connectivity index (χ0n) is 13.8. The van der Waals surface area contributed by atoms with E-state index >= 15 is 0 Å². The van der Waals surface area contributed by atoms with E-state index in [1.54, 1.807) is 18.6 Å². The van der Waals surface area contributed by atoms with Crippen LogP contribution in [0, 0.1) is 6.92 Å². The molecule has 25 heavy (non-hydrogen) atoms. The molecule has 0 bridgehead atoms. The molecule has 126 valence electrons. The minimum Gasteiger partial charge on any atom is -0.368 e. The van der Waals surface area contributed by atoms with Gasteiger partial charge in [-0.15, -0.1) is 0 Å². The molecule has 0 saturated heterocycles. The third kappa shape index (κ3) is 4.35. The SMILES string of the molecule is Cc1cccnc1NCCNC(=O)c1cnc(-c2ccncc2)nc1. The lowest BCUT2D eigenvalue weighted by Crippen LogP contribution is -2.29. The van der Waals surface area contributed by atoms with E-state index in [-0.39, 0.29) is 5.91 Å². The number of aromatic nitrogens is 4. The van der Waals surface area contributed by atoms with Gasteiger partial charge in [-0.2, -0.15) is 0 Å². The van der Waals surface area contributed by atoms with Crippen LogP contribution in [0.4, 0.5) is 5.82 Å². The van der Waals surface area contributed by atoms with Crippen molar-refractivity contribution < 1.29 is 4.79 Å². The van der Waals surface area contributed by atoms with E-state index in [4.69, 9.17) is 0 Å². The van der Waals surface area contributed by atoms with Crippen molar-refractivity contribution in [2.75, 3.05) is 18.4 Å². The molecule has 0 aliphatic carbocycles. The topological polar surface area (TPSA) is 92.7 Å². The van der Waals surface area contributed by atoms with Crippen LogP contribution >= 0.6 is 0 Å². The molecule has 0 aliphatic heterocycles. The molecule has 2 N–H and O–H groups in total. The third-order valence-corrected chi connectivity index (χ3v) is 3.56. The molecule has 0 aromatic carbocycles. The van der Waals surface area contributed by atoms with Gasteiger partial charge in [0.2, 0.25) is 0 Å². The molecule has 3 aromatic heterocycles. The Morgan fingerprint density at radius 1 is 1.00 bits per heavy atom. The molecule has 1 amide bonds. The molecule has 7 nitrogen and oxygen atoms in total. The van der Waals surface area contributed by atoms with Crippen LogP contribution in [0.25, 0.3) is 11.4 Å². The van der Waals surface area contributed by atoms with Crippen LogP contribution in [0.15, 0.2) is 55.2 Å². The Hall–Kier alpha value is -3.35. The number of rotatable bonds is 6. The first kappa shape index (κ1) is 16.5. The maximum Gasteiger partial charge on any atom is 0.254 e. The van der Waals surface area contributed by atoms with E-state index in [1.807, 2.05) is 31.2 Å². The molecular weight excluding hydrogens is 316 g/mol. The standard InChI is InChI=1S/C18H18N6O/c1-13-3-2-6-20-16(13)21-9-10-22-18(25)15-11-23-17(24-12-15)14-4-7-19-8-5-14/h2-8,11-12H,9-10H2,1H3,(H,20,21)(H,22,25). The zero-order chi connectivity index (χ0) is 17.5. The number of aryl methyl sites for hydroxylation is 1. The van der Waals surface area contributed by atoms with Gasteiger partial charge in [0.25, 0.3) is 5.91 Å². The van der Waals surface area contributed by atoms with Crippen LogP contribution in [-0.4, -0.2) is 38.9 Å². The lowest BCUT2D eigenvalue weighted by molar-refractivity contribution is 0.0954. The quantitative estimate of drug-likeness (QED) is 0.671. The van der Waals surface area contributed by atoms with Crippen molar-refractivity contribution in [1.82, 2.24) is 25.3 Å². The van der Waals surface area contributed by atoms with Gasteiger partial charge in [0.05, 0.1) is 5.56 Å². The second-order valence-corrected chi connectivity index (χ2v) is 5.38. The first-order valence-electron chi connectivity index (χ1n) is 7.90. The summed E-state index contributed by atoms with van der Waals surface area (Å²) in [5, 5.41) is 6.02. The zero-order valence-corrected chi connectivity index (χ0v) is 13.8. The largest absolute Gasteiger partial charge is 0.368 e. The van der Waals surface area contributed by atoms with Gasteiger partial charge in [-0.05, 0) is 30.7 Å². The Balaban J connectivity index is 1.51. The van der Waals surface area contributed by atoms with E-state index in [0.29, 0.717) is 24.5 Å². The summed E-state index contributed by atoms with van der Waals surface area (Å²) in [4.78, 5) is 28.8. The van der Waals surface area contributed by atoms with Crippen LogP contribution < -0.4 is 10.6 Å². The first-order chi connectivity index (χ1) is 12.2. The van der Waals surface area contributed by atoms with E-state index < -0.39 is 0 Å². The Kier molecular flexibility index (Phi) is 5.26. The fourth-order valence-electron chi connectivity index (χ4n) is 2.23. The fraction of sp³-hybridized carbons (Fsp3) is 0.167. The second-order valence-electron chi connectivity index (χ2n) is 5.38. The Morgan fingerprint density at radius 3 is 2.48 bits per heavy atom. The van der Waals surface area contributed by atoms with E-state index in [2.05, 4.69) is 30.6 Å². The van der Waals surface area contributed by atoms with E-state index in [1.165, 1.54) is 12.4 Å². The van der Waals surface area contributed by atoms with Gasteiger partial charge in [0, 0.05) is 49.6 Å². The van der Waals surface area contributed by atoms with Gasteiger partial charge in [0.15, 0.2) is 5.82 Å². The maximum absolute atomic E-state index is 12.1. The minimum absolute atomic E-state index is 0.208. The highest BCUT2D eigenvalue weighted by Gasteiger charge is 2.07. The summed E-state index contributed by atoms with van der Waals surface area (Å²) >= 11 is 0. The van der Waals surface area contributed by atoms with Crippen molar-refractivity contribution in [3.05, 3.63) is 66.4 Å². The number of nitrogens with zero attached hydrogens (tertiary/aromatic N) is 4.